The van der Waals surface area contributed by atoms with Gasteiger partial charge in [-0.05, 0) is 16.5 Å². The zero-order valence-corrected chi connectivity index (χ0v) is 10.6. The molecule has 1 aromatic rings. The van der Waals surface area contributed by atoms with Crippen molar-refractivity contribution >= 4 is 5.97 Å². The topological polar surface area (TPSA) is 37.3 Å². The monoisotopic (exact) mass is 230 g/mol. The van der Waals surface area contributed by atoms with Crippen LogP contribution in [0.5, 0.6) is 0 Å². The number of hydrogen-bond acceptors (Lipinski definition) is 1. The van der Waals surface area contributed by atoms with Gasteiger partial charge in [-0.1, -0.05) is 56.9 Å². The maximum absolute atomic E-state index is 10.3. The van der Waals surface area contributed by atoms with E-state index in [0.29, 0.717) is 6.42 Å². The smallest absolute Gasteiger partial charge is 0.315 e. The Kier molecular flexibility index (Phi) is 4.34. The van der Waals surface area contributed by atoms with E-state index in [4.69, 9.17) is 5.11 Å². The first-order valence-electron chi connectivity index (χ1n) is 5.66. The predicted octanol–water partition coefficient (Wildman–Crippen LogP) is 3.00. The minimum absolute atomic E-state index is 0.0833. The van der Waals surface area contributed by atoms with Crippen LogP contribution in [0.25, 0.3) is 0 Å². The van der Waals surface area contributed by atoms with Crippen molar-refractivity contribution in [2.75, 3.05) is 0 Å². The fourth-order valence-electron chi connectivity index (χ4n) is 1.43. The van der Waals surface area contributed by atoms with Crippen LogP contribution in [0.15, 0.2) is 24.3 Å². The Labute approximate surface area is 103 Å². The summed E-state index contributed by atoms with van der Waals surface area (Å²) in [6.45, 7) is 6.53. The van der Waals surface area contributed by atoms with Crippen molar-refractivity contribution in [3.8, 4) is 11.8 Å². The summed E-state index contributed by atoms with van der Waals surface area (Å²) >= 11 is 0. The Hall–Kier alpha value is -1.75. The molecule has 0 aliphatic carbocycles. The lowest BCUT2D eigenvalue weighted by Gasteiger charge is -2.18. The van der Waals surface area contributed by atoms with Gasteiger partial charge in [-0.2, -0.15) is 0 Å². The van der Waals surface area contributed by atoms with Crippen molar-refractivity contribution < 1.29 is 9.90 Å². The van der Waals surface area contributed by atoms with Crippen molar-refractivity contribution in [2.45, 2.75) is 39.0 Å². The SMILES string of the molecule is CC(C)(C)c1ccc(CC#CCC(=O)O)cc1. The molecule has 0 atom stereocenters. The lowest BCUT2D eigenvalue weighted by molar-refractivity contribution is -0.135. The van der Waals surface area contributed by atoms with Gasteiger partial charge in [0.1, 0.15) is 6.42 Å². The third-order valence-corrected chi connectivity index (χ3v) is 2.48. The molecular formula is C15H18O2. The molecule has 0 unspecified atom stereocenters. The van der Waals surface area contributed by atoms with Gasteiger partial charge in [-0.25, -0.2) is 0 Å². The summed E-state index contributed by atoms with van der Waals surface area (Å²) in [4.78, 5) is 10.3. The average Bonchev–Trinajstić information content (AvgIpc) is 2.23. The predicted molar refractivity (Wildman–Crippen MR) is 68.9 cm³/mol. The van der Waals surface area contributed by atoms with Crippen LogP contribution in [0.2, 0.25) is 0 Å². The summed E-state index contributed by atoms with van der Waals surface area (Å²) in [5.41, 5.74) is 2.57. The second kappa shape index (κ2) is 5.54. The van der Waals surface area contributed by atoms with E-state index in [1.54, 1.807) is 0 Å². The van der Waals surface area contributed by atoms with Crippen LogP contribution < -0.4 is 0 Å². The Balaban J connectivity index is 2.62. The summed E-state index contributed by atoms with van der Waals surface area (Å²) in [5, 5.41) is 8.43. The number of carboxylic acid groups (broad SMARTS) is 1. The molecule has 1 rings (SSSR count). The van der Waals surface area contributed by atoms with Crippen molar-refractivity contribution in [3.63, 3.8) is 0 Å². The van der Waals surface area contributed by atoms with Crippen LogP contribution in [0.4, 0.5) is 0 Å². The summed E-state index contributed by atoms with van der Waals surface area (Å²) in [6, 6.07) is 8.31. The highest BCUT2D eigenvalue weighted by Gasteiger charge is 2.12. The zero-order valence-electron chi connectivity index (χ0n) is 10.6. The molecule has 0 amide bonds. The van der Waals surface area contributed by atoms with Crippen molar-refractivity contribution in [1.82, 2.24) is 0 Å². The second-order valence-corrected chi connectivity index (χ2v) is 5.05. The molecule has 0 bridgehead atoms. The van der Waals surface area contributed by atoms with E-state index in [1.807, 2.05) is 0 Å². The molecule has 90 valence electrons. The Bertz CT molecular complexity index is 439. The molecule has 0 aliphatic rings. The van der Waals surface area contributed by atoms with Crippen LogP contribution >= 0.6 is 0 Å². The molecule has 2 nitrogen and oxygen atoms in total. The van der Waals surface area contributed by atoms with Gasteiger partial charge in [-0.15, -0.1) is 0 Å². The number of benzene rings is 1. The quantitative estimate of drug-likeness (QED) is 0.793. The van der Waals surface area contributed by atoms with Crippen LogP contribution in [0, 0.1) is 11.8 Å². The minimum Gasteiger partial charge on any atom is -0.481 e. The third-order valence-electron chi connectivity index (χ3n) is 2.48. The molecule has 0 fully saturated rings. The maximum Gasteiger partial charge on any atom is 0.315 e. The van der Waals surface area contributed by atoms with E-state index in [0.717, 1.165) is 5.56 Å². The minimum atomic E-state index is -0.874. The van der Waals surface area contributed by atoms with Gasteiger partial charge < -0.3 is 5.11 Å². The highest BCUT2D eigenvalue weighted by molar-refractivity contribution is 5.69. The standard InChI is InChI=1S/C15H18O2/c1-15(2,3)13-10-8-12(9-11-13)6-4-5-7-14(16)17/h8-11H,6-7H2,1-3H3,(H,16,17). The summed E-state index contributed by atoms with van der Waals surface area (Å²) < 4.78 is 0. The number of carboxylic acids is 1. The molecule has 1 N–H and O–H groups in total. The van der Waals surface area contributed by atoms with E-state index in [2.05, 4.69) is 56.9 Å². The first-order valence-corrected chi connectivity index (χ1v) is 5.66. The van der Waals surface area contributed by atoms with Gasteiger partial charge >= 0.3 is 5.97 Å². The number of carbonyl (C=O) groups is 1. The van der Waals surface area contributed by atoms with E-state index in [-0.39, 0.29) is 11.8 Å². The highest BCUT2D eigenvalue weighted by Crippen LogP contribution is 2.22. The van der Waals surface area contributed by atoms with E-state index in [9.17, 15) is 4.79 Å². The van der Waals surface area contributed by atoms with Gasteiger partial charge in [0.15, 0.2) is 0 Å². The number of aliphatic carboxylic acids is 1. The molecule has 0 aliphatic heterocycles. The van der Waals surface area contributed by atoms with Gasteiger partial charge in [-0.3, -0.25) is 4.79 Å². The normalized spacial score (nSPS) is 10.5. The molecule has 2 heteroatoms. The first-order chi connectivity index (χ1) is 7.89. The van der Waals surface area contributed by atoms with Crippen LogP contribution in [-0.4, -0.2) is 11.1 Å². The van der Waals surface area contributed by atoms with E-state index < -0.39 is 5.97 Å². The largest absolute Gasteiger partial charge is 0.481 e. The molecule has 0 radical (unpaired) electrons. The van der Waals surface area contributed by atoms with Gasteiger partial charge in [0.25, 0.3) is 0 Å². The average molecular weight is 230 g/mol. The maximum atomic E-state index is 10.3. The molecule has 0 aromatic heterocycles. The van der Waals surface area contributed by atoms with Crippen molar-refractivity contribution in [2.24, 2.45) is 0 Å². The lowest BCUT2D eigenvalue weighted by Crippen LogP contribution is -2.10. The third kappa shape index (κ3) is 4.74. The summed E-state index contributed by atoms with van der Waals surface area (Å²) in [7, 11) is 0. The van der Waals surface area contributed by atoms with Crippen molar-refractivity contribution in [3.05, 3.63) is 35.4 Å². The van der Waals surface area contributed by atoms with Crippen LogP contribution in [0.1, 0.15) is 38.3 Å². The van der Waals surface area contributed by atoms with Gasteiger partial charge in [0.2, 0.25) is 0 Å². The highest BCUT2D eigenvalue weighted by atomic mass is 16.4. The molecule has 1 aromatic carbocycles. The van der Waals surface area contributed by atoms with Gasteiger partial charge in [0, 0.05) is 6.42 Å². The van der Waals surface area contributed by atoms with Crippen molar-refractivity contribution in [1.29, 1.82) is 0 Å². The number of rotatable bonds is 2. The first kappa shape index (κ1) is 13.3. The summed E-state index contributed by atoms with van der Waals surface area (Å²) in [6.07, 6.45) is 0.526. The Morgan fingerprint density at radius 1 is 1.18 bits per heavy atom. The lowest BCUT2D eigenvalue weighted by atomic mass is 9.86. The zero-order chi connectivity index (χ0) is 12.9. The molecule has 0 heterocycles. The molecular weight excluding hydrogens is 212 g/mol. The van der Waals surface area contributed by atoms with E-state index in [1.165, 1.54) is 5.56 Å². The Morgan fingerprint density at radius 2 is 1.76 bits per heavy atom. The van der Waals surface area contributed by atoms with Crippen LogP contribution in [0.3, 0.4) is 0 Å². The summed E-state index contributed by atoms with van der Waals surface area (Å²) in [5.74, 6) is 4.61. The molecule has 17 heavy (non-hydrogen) atoms. The van der Waals surface area contributed by atoms with E-state index >= 15 is 0 Å². The fraction of sp³-hybridized carbons (Fsp3) is 0.400. The fourth-order valence-corrected chi connectivity index (χ4v) is 1.43. The van der Waals surface area contributed by atoms with Crippen LogP contribution in [-0.2, 0) is 16.6 Å². The number of hydrogen-bond donors (Lipinski definition) is 1. The molecule has 0 saturated heterocycles. The Morgan fingerprint density at radius 3 is 2.24 bits per heavy atom. The molecule has 0 saturated carbocycles. The second-order valence-electron chi connectivity index (χ2n) is 5.05. The molecule has 0 spiro atoms. The van der Waals surface area contributed by atoms with Gasteiger partial charge in [0.05, 0.1) is 0 Å².